The summed E-state index contributed by atoms with van der Waals surface area (Å²) in [4.78, 5) is 30.3. The summed E-state index contributed by atoms with van der Waals surface area (Å²) in [6, 6.07) is 4.69. The van der Waals surface area contributed by atoms with Crippen LogP contribution in [0.2, 0.25) is 0 Å². The summed E-state index contributed by atoms with van der Waals surface area (Å²) in [5, 5.41) is 16.9. The van der Waals surface area contributed by atoms with Crippen LogP contribution in [0.3, 0.4) is 0 Å². The number of pyridine rings is 1. The lowest BCUT2D eigenvalue weighted by molar-refractivity contribution is 0.0589. The third kappa shape index (κ3) is 5.36. The monoisotopic (exact) mass is 456 g/mol. The summed E-state index contributed by atoms with van der Waals surface area (Å²) in [7, 11) is 1.30. The maximum absolute atomic E-state index is 12.8. The molecule has 178 valence electrons. The van der Waals surface area contributed by atoms with Crippen molar-refractivity contribution in [1.82, 2.24) is 9.55 Å². The maximum Gasteiger partial charge on any atom is 0.356 e. The lowest BCUT2D eigenvalue weighted by atomic mass is 10.0. The van der Waals surface area contributed by atoms with Gasteiger partial charge in [-0.05, 0) is 51.3 Å². The number of hydrogen-bond acceptors (Lipinski definition) is 7. The molecule has 3 N–H and O–H groups in total. The highest BCUT2D eigenvalue weighted by molar-refractivity contribution is 6.14. The number of amides is 1. The molecule has 1 atom stereocenters. The number of aliphatic hydroxyl groups is 1. The van der Waals surface area contributed by atoms with Crippen molar-refractivity contribution in [3.05, 3.63) is 42.1 Å². The normalized spacial score (nSPS) is 12.7. The number of carbonyl (C=O) groups is 2. The lowest BCUT2D eigenvalue weighted by Crippen LogP contribution is -2.39. The van der Waals surface area contributed by atoms with Crippen LogP contribution >= 0.6 is 0 Å². The van der Waals surface area contributed by atoms with E-state index in [9.17, 15) is 14.7 Å². The molecule has 0 fully saturated rings. The van der Waals surface area contributed by atoms with Gasteiger partial charge >= 0.3 is 5.97 Å². The fourth-order valence-corrected chi connectivity index (χ4v) is 3.35. The number of ether oxygens (including phenoxy) is 1. The Morgan fingerprint density at radius 3 is 2.61 bits per heavy atom. The number of carbonyl (C=O) groups excluding carboxylic acids is 2. The number of aryl methyl sites for hydroxylation is 1. The molecule has 0 saturated carbocycles. The minimum absolute atomic E-state index is 0.117. The van der Waals surface area contributed by atoms with E-state index >= 15 is 0 Å². The van der Waals surface area contributed by atoms with Crippen molar-refractivity contribution in [2.24, 2.45) is 5.92 Å². The summed E-state index contributed by atoms with van der Waals surface area (Å²) < 4.78 is 12.0. The van der Waals surface area contributed by atoms with Crippen molar-refractivity contribution in [2.75, 3.05) is 17.7 Å². The molecule has 0 radical (unpaired) electrons. The average molecular weight is 457 g/mol. The molecule has 3 heterocycles. The SMILES string of the molecule is COC(=O)c1c(NC(=O)c2ccco2)c2cc(NC(C)C(C)(C)O)cnc2n1CCC(C)C. The van der Waals surface area contributed by atoms with E-state index in [4.69, 9.17) is 9.15 Å². The maximum atomic E-state index is 12.8. The van der Waals surface area contributed by atoms with Gasteiger partial charge in [0, 0.05) is 11.9 Å². The molecule has 0 aliphatic heterocycles. The van der Waals surface area contributed by atoms with Crippen molar-refractivity contribution in [1.29, 1.82) is 0 Å². The van der Waals surface area contributed by atoms with Gasteiger partial charge in [0.15, 0.2) is 11.5 Å². The third-order valence-corrected chi connectivity index (χ3v) is 5.63. The second kappa shape index (κ2) is 9.66. The van der Waals surface area contributed by atoms with Crippen molar-refractivity contribution in [3.8, 4) is 0 Å². The van der Waals surface area contributed by atoms with Gasteiger partial charge < -0.3 is 29.5 Å². The fraction of sp³-hybridized carbons (Fsp3) is 0.458. The highest BCUT2D eigenvalue weighted by Gasteiger charge is 2.28. The Morgan fingerprint density at radius 2 is 2.03 bits per heavy atom. The first kappa shape index (κ1) is 24.3. The molecular weight excluding hydrogens is 424 g/mol. The Labute approximate surface area is 193 Å². The predicted octanol–water partition coefficient (Wildman–Crippen LogP) is 4.29. The Balaban J connectivity index is 2.16. The number of aromatic nitrogens is 2. The number of nitrogens with zero attached hydrogens (tertiary/aromatic N) is 2. The van der Waals surface area contributed by atoms with E-state index < -0.39 is 17.5 Å². The molecule has 0 spiro atoms. The van der Waals surface area contributed by atoms with Crippen LogP contribution in [0.5, 0.6) is 0 Å². The van der Waals surface area contributed by atoms with Crippen LogP contribution < -0.4 is 10.6 Å². The zero-order valence-electron chi connectivity index (χ0n) is 19.9. The van der Waals surface area contributed by atoms with E-state index in [1.807, 2.05) is 6.92 Å². The van der Waals surface area contributed by atoms with Gasteiger partial charge in [-0.25, -0.2) is 9.78 Å². The number of rotatable bonds is 9. The average Bonchev–Trinajstić information content (AvgIpc) is 3.38. The van der Waals surface area contributed by atoms with Crippen molar-refractivity contribution in [2.45, 2.75) is 59.2 Å². The topological polar surface area (TPSA) is 119 Å². The number of anilines is 2. The third-order valence-electron chi connectivity index (χ3n) is 5.63. The van der Waals surface area contributed by atoms with Gasteiger partial charge in [-0.1, -0.05) is 13.8 Å². The van der Waals surface area contributed by atoms with E-state index in [-0.39, 0.29) is 17.5 Å². The second-order valence-electron chi connectivity index (χ2n) is 9.10. The highest BCUT2D eigenvalue weighted by atomic mass is 16.5. The summed E-state index contributed by atoms with van der Waals surface area (Å²) in [6.45, 7) is 9.99. The van der Waals surface area contributed by atoms with Crippen LogP contribution in [-0.4, -0.2) is 45.3 Å². The van der Waals surface area contributed by atoms with E-state index in [0.29, 0.717) is 34.9 Å². The van der Waals surface area contributed by atoms with Gasteiger partial charge in [0.05, 0.1) is 42.6 Å². The molecular formula is C24H32N4O5. The minimum atomic E-state index is -0.967. The number of furan rings is 1. The number of hydrogen-bond donors (Lipinski definition) is 3. The zero-order chi connectivity index (χ0) is 24.3. The second-order valence-corrected chi connectivity index (χ2v) is 9.10. The molecule has 1 unspecified atom stereocenters. The Bertz CT molecular complexity index is 1130. The van der Waals surface area contributed by atoms with Crippen LogP contribution in [-0.2, 0) is 11.3 Å². The van der Waals surface area contributed by atoms with Crippen LogP contribution in [0.25, 0.3) is 11.0 Å². The number of methoxy groups -OCH3 is 1. The Hall–Kier alpha value is -3.33. The van der Waals surface area contributed by atoms with E-state index in [2.05, 4.69) is 29.5 Å². The van der Waals surface area contributed by atoms with Crippen molar-refractivity contribution >= 4 is 34.3 Å². The van der Waals surface area contributed by atoms with E-state index in [1.165, 1.54) is 13.4 Å². The van der Waals surface area contributed by atoms with Gasteiger partial charge in [-0.15, -0.1) is 0 Å². The summed E-state index contributed by atoms with van der Waals surface area (Å²) in [5.74, 6) is -0.559. The predicted molar refractivity (Wildman–Crippen MR) is 127 cm³/mol. The molecule has 3 rings (SSSR count). The molecule has 9 heteroatoms. The zero-order valence-corrected chi connectivity index (χ0v) is 19.9. The van der Waals surface area contributed by atoms with Crippen LogP contribution in [0.1, 0.15) is 62.1 Å². The number of nitrogens with one attached hydrogen (secondary N) is 2. The van der Waals surface area contributed by atoms with E-state index in [0.717, 1.165) is 6.42 Å². The molecule has 0 aliphatic rings. The molecule has 3 aromatic heterocycles. The van der Waals surface area contributed by atoms with Gasteiger partial charge in [0.25, 0.3) is 5.91 Å². The molecule has 9 nitrogen and oxygen atoms in total. The standard InChI is InChI=1S/C24H32N4O5/c1-14(2)9-10-28-20(23(30)32-6)19(27-22(29)18-8-7-11-33-18)17-12-16(13-25-21(17)28)26-15(3)24(4,5)31/h7-8,11-15,26,31H,9-10H2,1-6H3,(H,27,29). The van der Waals surface area contributed by atoms with E-state index in [1.54, 1.807) is 42.8 Å². The Kier molecular flexibility index (Phi) is 7.12. The first-order valence-electron chi connectivity index (χ1n) is 11.0. The number of fused-ring (bicyclic) bond motifs is 1. The summed E-state index contributed by atoms with van der Waals surface area (Å²) in [6.07, 6.45) is 3.86. The molecule has 3 aromatic rings. The smallest absolute Gasteiger partial charge is 0.356 e. The minimum Gasteiger partial charge on any atom is -0.464 e. The van der Waals surface area contributed by atoms with Crippen molar-refractivity contribution in [3.63, 3.8) is 0 Å². The molecule has 0 aliphatic carbocycles. The molecule has 0 bridgehead atoms. The fourth-order valence-electron chi connectivity index (χ4n) is 3.35. The lowest BCUT2D eigenvalue weighted by Gasteiger charge is -2.27. The van der Waals surface area contributed by atoms with Crippen LogP contribution in [0.4, 0.5) is 11.4 Å². The molecule has 0 saturated heterocycles. The summed E-state index contributed by atoms with van der Waals surface area (Å²) in [5.41, 5.74) is 0.740. The highest BCUT2D eigenvalue weighted by Crippen LogP contribution is 2.34. The van der Waals surface area contributed by atoms with Crippen LogP contribution in [0.15, 0.2) is 35.1 Å². The molecule has 1 amide bonds. The van der Waals surface area contributed by atoms with Gasteiger partial charge in [-0.2, -0.15) is 0 Å². The van der Waals surface area contributed by atoms with Crippen LogP contribution in [0, 0.1) is 5.92 Å². The van der Waals surface area contributed by atoms with Crippen molar-refractivity contribution < 1.29 is 23.8 Å². The quantitative estimate of drug-likeness (QED) is 0.411. The Morgan fingerprint density at radius 1 is 1.30 bits per heavy atom. The van der Waals surface area contributed by atoms with Gasteiger partial charge in [-0.3, -0.25) is 4.79 Å². The largest absolute Gasteiger partial charge is 0.464 e. The number of esters is 1. The molecule has 33 heavy (non-hydrogen) atoms. The summed E-state index contributed by atoms with van der Waals surface area (Å²) >= 11 is 0. The first-order chi connectivity index (χ1) is 15.5. The first-order valence-corrected chi connectivity index (χ1v) is 11.0. The molecule has 0 aromatic carbocycles. The van der Waals surface area contributed by atoms with Gasteiger partial charge in [0.1, 0.15) is 5.65 Å². The van der Waals surface area contributed by atoms with Gasteiger partial charge in [0.2, 0.25) is 0 Å².